The highest BCUT2D eigenvalue weighted by molar-refractivity contribution is 7.84. The number of hydrogen-bond acceptors (Lipinski definition) is 1. The van der Waals surface area contributed by atoms with Gasteiger partial charge in [-0.1, -0.05) is 35.9 Å². The summed E-state index contributed by atoms with van der Waals surface area (Å²) in [6.07, 6.45) is 3.73. The first kappa shape index (κ1) is 12.4. The molecule has 2 nitrogen and oxygen atoms in total. The molecule has 1 aromatic rings. The highest BCUT2D eigenvalue weighted by Crippen LogP contribution is 2.15. The van der Waals surface area contributed by atoms with Crippen LogP contribution in [-0.4, -0.2) is 8.96 Å². The van der Waals surface area contributed by atoms with Gasteiger partial charge in [0.25, 0.3) is 0 Å². The van der Waals surface area contributed by atoms with Gasteiger partial charge in [-0.05, 0) is 31.5 Å². The molecule has 15 heavy (non-hydrogen) atoms. The van der Waals surface area contributed by atoms with Crippen LogP contribution >= 0.6 is 11.6 Å². The van der Waals surface area contributed by atoms with Gasteiger partial charge in [0.2, 0.25) is 0 Å². The van der Waals surface area contributed by atoms with Crippen LogP contribution < -0.4 is 5.14 Å². The molecule has 82 valence electrons. The molecule has 0 aromatic heterocycles. The minimum Gasteiger partial charge on any atom is -0.251 e. The Kier molecular flexibility index (Phi) is 4.08. The van der Waals surface area contributed by atoms with E-state index < -0.39 is 15.7 Å². The SMILES string of the molecule is CC(C)(C=Cc1ccc(Cl)cc1)S(N)=O. The quantitative estimate of drug-likeness (QED) is 0.872. The molecule has 0 heterocycles. The fourth-order valence-corrected chi connectivity index (χ4v) is 1.27. The topological polar surface area (TPSA) is 43.1 Å². The molecular weight excluding hydrogens is 230 g/mol. The zero-order chi connectivity index (χ0) is 11.5. The molecule has 2 N–H and O–H groups in total. The molecule has 0 radical (unpaired) electrons. The van der Waals surface area contributed by atoms with E-state index in [1.54, 1.807) is 0 Å². The fourth-order valence-electron chi connectivity index (χ4n) is 0.938. The van der Waals surface area contributed by atoms with Crippen LogP contribution in [-0.2, 0) is 11.0 Å². The molecule has 0 bridgehead atoms. The van der Waals surface area contributed by atoms with Crippen molar-refractivity contribution >= 4 is 28.7 Å². The predicted octanol–water partition coefficient (Wildman–Crippen LogP) is 2.75. The van der Waals surface area contributed by atoms with Crippen LogP contribution in [0, 0.1) is 0 Å². The maximum absolute atomic E-state index is 11.2. The Balaban J connectivity index is 2.82. The second-order valence-electron chi connectivity index (χ2n) is 3.79. The molecule has 0 saturated heterocycles. The van der Waals surface area contributed by atoms with Crippen LogP contribution in [0.3, 0.4) is 0 Å². The number of halogens is 1. The Morgan fingerprint density at radius 1 is 1.33 bits per heavy atom. The smallest absolute Gasteiger partial charge is 0.0984 e. The van der Waals surface area contributed by atoms with Crippen molar-refractivity contribution in [3.8, 4) is 0 Å². The average Bonchev–Trinajstić information content (AvgIpc) is 2.17. The summed E-state index contributed by atoms with van der Waals surface area (Å²) in [6, 6.07) is 7.42. The van der Waals surface area contributed by atoms with Crippen molar-refractivity contribution in [2.24, 2.45) is 5.14 Å². The van der Waals surface area contributed by atoms with E-state index in [0.29, 0.717) is 5.02 Å². The first-order valence-corrected chi connectivity index (χ1v) is 6.12. The van der Waals surface area contributed by atoms with Gasteiger partial charge in [-0.15, -0.1) is 0 Å². The number of hydrogen-bond donors (Lipinski definition) is 1. The fraction of sp³-hybridized carbons (Fsp3) is 0.273. The van der Waals surface area contributed by atoms with Crippen LogP contribution in [0.1, 0.15) is 19.4 Å². The molecule has 0 amide bonds. The Labute approximate surface area is 97.7 Å². The van der Waals surface area contributed by atoms with Gasteiger partial charge >= 0.3 is 0 Å². The van der Waals surface area contributed by atoms with Gasteiger partial charge in [-0.2, -0.15) is 0 Å². The first-order chi connectivity index (χ1) is 6.92. The van der Waals surface area contributed by atoms with Crippen LogP contribution in [0.25, 0.3) is 6.08 Å². The highest BCUT2D eigenvalue weighted by Gasteiger charge is 2.18. The van der Waals surface area contributed by atoms with Gasteiger partial charge in [0.05, 0.1) is 15.7 Å². The van der Waals surface area contributed by atoms with Crippen molar-refractivity contribution in [2.45, 2.75) is 18.6 Å². The number of rotatable bonds is 3. The van der Waals surface area contributed by atoms with Crippen molar-refractivity contribution < 1.29 is 4.21 Å². The van der Waals surface area contributed by atoms with E-state index >= 15 is 0 Å². The van der Waals surface area contributed by atoms with Gasteiger partial charge in [0, 0.05) is 5.02 Å². The molecule has 1 atom stereocenters. The molecule has 1 unspecified atom stereocenters. The molecule has 1 rings (SSSR count). The van der Waals surface area contributed by atoms with E-state index in [9.17, 15) is 4.21 Å². The molecule has 4 heteroatoms. The molecular formula is C11H14ClNOS. The summed E-state index contributed by atoms with van der Waals surface area (Å²) in [5.41, 5.74) is 1.01. The van der Waals surface area contributed by atoms with Gasteiger partial charge < -0.3 is 0 Å². The zero-order valence-corrected chi connectivity index (χ0v) is 10.3. The summed E-state index contributed by atoms with van der Waals surface area (Å²) in [5.74, 6) is 0. The van der Waals surface area contributed by atoms with Crippen molar-refractivity contribution in [3.63, 3.8) is 0 Å². The maximum atomic E-state index is 11.2. The second kappa shape index (κ2) is 4.92. The van der Waals surface area contributed by atoms with Crippen molar-refractivity contribution in [3.05, 3.63) is 40.9 Å². The number of benzene rings is 1. The summed E-state index contributed by atoms with van der Waals surface area (Å²) in [6.45, 7) is 3.66. The number of nitrogens with two attached hydrogens (primary N) is 1. The van der Waals surface area contributed by atoms with Crippen LogP contribution in [0.15, 0.2) is 30.3 Å². The Hall–Kier alpha value is -0.640. The van der Waals surface area contributed by atoms with Gasteiger partial charge in [-0.25, -0.2) is 4.21 Å². The lowest BCUT2D eigenvalue weighted by atomic mass is 10.1. The molecule has 0 spiro atoms. The van der Waals surface area contributed by atoms with E-state index in [-0.39, 0.29) is 0 Å². The maximum Gasteiger partial charge on any atom is 0.0984 e. The van der Waals surface area contributed by atoms with Crippen molar-refractivity contribution in [1.29, 1.82) is 0 Å². The summed E-state index contributed by atoms with van der Waals surface area (Å²) >= 11 is 5.76. The third-order valence-electron chi connectivity index (χ3n) is 2.07. The molecule has 0 fully saturated rings. The van der Waals surface area contributed by atoms with Gasteiger partial charge in [-0.3, -0.25) is 5.14 Å². The minimum atomic E-state index is -1.37. The third-order valence-corrected chi connectivity index (χ3v) is 3.49. The largest absolute Gasteiger partial charge is 0.251 e. The van der Waals surface area contributed by atoms with Crippen LogP contribution in [0.4, 0.5) is 0 Å². The van der Waals surface area contributed by atoms with E-state index in [1.165, 1.54) is 0 Å². The second-order valence-corrected chi connectivity index (χ2v) is 5.87. The summed E-state index contributed by atoms with van der Waals surface area (Å²) in [7, 11) is -1.37. The first-order valence-electron chi connectivity index (χ1n) is 4.53. The lowest BCUT2D eigenvalue weighted by Gasteiger charge is -2.15. The van der Waals surface area contributed by atoms with E-state index in [2.05, 4.69) is 0 Å². The standard InChI is InChI=1S/C11H14ClNOS/c1-11(2,15(13)14)8-7-9-3-5-10(12)6-4-9/h3-8H,13H2,1-2H3. The summed E-state index contributed by atoms with van der Waals surface area (Å²) < 4.78 is 10.6. The summed E-state index contributed by atoms with van der Waals surface area (Å²) in [4.78, 5) is 0. The molecule has 1 aromatic carbocycles. The van der Waals surface area contributed by atoms with E-state index in [0.717, 1.165) is 5.56 Å². The predicted molar refractivity (Wildman–Crippen MR) is 66.9 cm³/mol. The summed E-state index contributed by atoms with van der Waals surface area (Å²) in [5, 5.41) is 6.06. The van der Waals surface area contributed by atoms with Crippen LogP contribution in [0.5, 0.6) is 0 Å². The molecule has 0 aliphatic carbocycles. The minimum absolute atomic E-state index is 0.514. The normalized spacial score (nSPS) is 14.4. The van der Waals surface area contributed by atoms with E-state index in [4.69, 9.17) is 16.7 Å². The molecule has 0 aliphatic rings. The molecule has 0 saturated carbocycles. The monoisotopic (exact) mass is 243 g/mol. The van der Waals surface area contributed by atoms with Crippen molar-refractivity contribution in [1.82, 2.24) is 0 Å². The zero-order valence-electron chi connectivity index (χ0n) is 8.74. The average molecular weight is 244 g/mol. The Bertz CT molecular complexity index is 384. The van der Waals surface area contributed by atoms with E-state index in [1.807, 2.05) is 50.3 Å². The Morgan fingerprint density at radius 2 is 1.87 bits per heavy atom. The third kappa shape index (κ3) is 3.78. The van der Waals surface area contributed by atoms with Gasteiger partial charge in [0.1, 0.15) is 0 Å². The van der Waals surface area contributed by atoms with Gasteiger partial charge in [0.15, 0.2) is 0 Å². The lowest BCUT2D eigenvalue weighted by molar-refractivity contribution is 0.665. The van der Waals surface area contributed by atoms with Crippen LogP contribution in [0.2, 0.25) is 5.02 Å². The van der Waals surface area contributed by atoms with Crippen molar-refractivity contribution in [2.75, 3.05) is 0 Å². The highest BCUT2D eigenvalue weighted by atomic mass is 35.5. The lowest BCUT2D eigenvalue weighted by Crippen LogP contribution is -2.29. The Morgan fingerprint density at radius 3 is 2.33 bits per heavy atom. The molecule has 0 aliphatic heterocycles.